The number of hydrogen-bond donors (Lipinski definition) is 0. The van der Waals surface area contributed by atoms with Crippen molar-refractivity contribution in [3.05, 3.63) is 29.8 Å². The molecule has 1 aromatic carbocycles. The van der Waals surface area contributed by atoms with E-state index >= 15 is 0 Å². The topological polar surface area (TPSA) is 51.0 Å². The van der Waals surface area contributed by atoms with Crippen LogP contribution in [0.1, 0.15) is 32.3 Å². The fourth-order valence-corrected chi connectivity index (χ4v) is 4.05. The van der Waals surface area contributed by atoms with E-state index in [9.17, 15) is 4.79 Å². The maximum atomic E-state index is 12.7. The predicted molar refractivity (Wildman–Crippen MR) is 101 cm³/mol. The first kappa shape index (κ1) is 18.0. The van der Waals surface area contributed by atoms with Crippen molar-refractivity contribution in [2.24, 2.45) is 13.0 Å². The Labute approximate surface area is 153 Å². The van der Waals surface area contributed by atoms with Crippen LogP contribution in [0, 0.1) is 12.8 Å². The van der Waals surface area contributed by atoms with Gasteiger partial charge in [0.05, 0.1) is 5.25 Å². The molecule has 3 rings (SSSR count). The van der Waals surface area contributed by atoms with Gasteiger partial charge < -0.3 is 9.47 Å². The highest BCUT2D eigenvalue weighted by atomic mass is 32.2. The molecule has 0 N–H and O–H groups in total. The van der Waals surface area contributed by atoms with Gasteiger partial charge in [-0.05, 0) is 38.7 Å². The van der Waals surface area contributed by atoms with Crippen molar-refractivity contribution in [1.29, 1.82) is 0 Å². The second kappa shape index (κ2) is 7.60. The standard InChI is InChI=1S/C19H26N4OS/c1-13-8-10-23(11-9-13)18(24)15(3)25-19-21-20-17(22(19)4)16-7-5-6-14(2)12-16/h5-7,12-13,15H,8-11H2,1-4H3. The van der Waals surface area contributed by atoms with Crippen LogP contribution in [0.3, 0.4) is 0 Å². The van der Waals surface area contributed by atoms with Gasteiger partial charge in [-0.2, -0.15) is 0 Å². The summed E-state index contributed by atoms with van der Waals surface area (Å²) in [5.41, 5.74) is 2.24. The summed E-state index contributed by atoms with van der Waals surface area (Å²) in [7, 11) is 1.96. The number of aromatic nitrogens is 3. The Balaban J connectivity index is 1.70. The Hall–Kier alpha value is -1.82. The number of hydrogen-bond acceptors (Lipinski definition) is 4. The molecule has 1 aromatic heterocycles. The van der Waals surface area contributed by atoms with Crippen molar-refractivity contribution in [2.45, 2.75) is 44.0 Å². The molecule has 0 aliphatic carbocycles. The van der Waals surface area contributed by atoms with E-state index in [2.05, 4.69) is 36.2 Å². The second-order valence-corrected chi connectivity index (χ2v) is 8.31. The van der Waals surface area contributed by atoms with E-state index in [1.165, 1.54) is 17.3 Å². The van der Waals surface area contributed by atoms with Crippen molar-refractivity contribution in [3.8, 4) is 11.4 Å². The monoisotopic (exact) mass is 358 g/mol. The van der Waals surface area contributed by atoms with Crippen LogP contribution in [0.2, 0.25) is 0 Å². The average molecular weight is 359 g/mol. The van der Waals surface area contributed by atoms with E-state index in [1.54, 1.807) is 0 Å². The first-order valence-corrected chi connectivity index (χ1v) is 9.75. The van der Waals surface area contributed by atoms with Gasteiger partial charge in [-0.15, -0.1) is 10.2 Å². The zero-order chi connectivity index (χ0) is 18.0. The minimum Gasteiger partial charge on any atom is -0.342 e. The quantitative estimate of drug-likeness (QED) is 0.785. The third-order valence-electron chi connectivity index (χ3n) is 4.84. The first-order valence-electron chi connectivity index (χ1n) is 8.87. The predicted octanol–water partition coefficient (Wildman–Crippen LogP) is 3.53. The lowest BCUT2D eigenvalue weighted by Crippen LogP contribution is -2.41. The summed E-state index contributed by atoms with van der Waals surface area (Å²) < 4.78 is 1.97. The van der Waals surface area contributed by atoms with Gasteiger partial charge in [0.2, 0.25) is 5.91 Å². The number of rotatable bonds is 4. The first-order chi connectivity index (χ1) is 12.0. The Bertz CT molecular complexity index is 750. The third kappa shape index (κ3) is 4.06. The molecule has 1 fully saturated rings. The summed E-state index contributed by atoms with van der Waals surface area (Å²) in [5, 5.41) is 9.26. The Morgan fingerprint density at radius 3 is 2.68 bits per heavy atom. The lowest BCUT2D eigenvalue weighted by molar-refractivity contribution is -0.131. The van der Waals surface area contributed by atoms with Crippen molar-refractivity contribution < 1.29 is 4.79 Å². The largest absolute Gasteiger partial charge is 0.342 e. The van der Waals surface area contributed by atoms with Gasteiger partial charge in [-0.1, -0.05) is 42.4 Å². The number of aryl methyl sites for hydroxylation is 1. The molecule has 1 atom stereocenters. The van der Waals surface area contributed by atoms with E-state index < -0.39 is 0 Å². The average Bonchev–Trinajstić information content (AvgIpc) is 2.95. The second-order valence-electron chi connectivity index (χ2n) is 7.00. The van der Waals surface area contributed by atoms with E-state index in [0.717, 1.165) is 48.4 Å². The van der Waals surface area contributed by atoms with Gasteiger partial charge in [0.15, 0.2) is 11.0 Å². The normalized spacial score (nSPS) is 16.9. The van der Waals surface area contributed by atoms with Crippen LogP contribution in [-0.2, 0) is 11.8 Å². The molecule has 6 heteroatoms. The van der Waals surface area contributed by atoms with Crippen molar-refractivity contribution in [1.82, 2.24) is 19.7 Å². The minimum absolute atomic E-state index is 0.151. The third-order valence-corrected chi connectivity index (χ3v) is 5.96. The van der Waals surface area contributed by atoms with Gasteiger partial charge >= 0.3 is 0 Å². The SMILES string of the molecule is Cc1cccc(-c2nnc(SC(C)C(=O)N3CCC(C)CC3)n2C)c1. The zero-order valence-electron chi connectivity index (χ0n) is 15.4. The highest BCUT2D eigenvalue weighted by molar-refractivity contribution is 8.00. The van der Waals surface area contributed by atoms with Gasteiger partial charge in [-0.25, -0.2) is 0 Å². The van der Waals surface area contributed by atoms with Crippen LogP contribution in [0.5, 0.6) is 0 Å². The molecule has 2 heterocycles. The molecule has 2 aromatic rings. The van der Waals surface area contributed by atoms with Crippen LogP contribution in [0.15, 0.2) is 29.4 Å². The zero-order valence-corrected chi connectivity index (χ0v) is 16.2. The number of carbonyl (C=O) groups excluding carboxylic acids is 1. The molecule has 5 nitrogen and oxygen atoms in total. The van der Waals surface area contributed by atoms with Crippen LogP contribution >= 0.6 is 11.8 Å². The Morgan fingerprint density at radius 1 is 1.28 bits per heavy atom. The fourth-order valence-electron chi connectivity index (χ4n) is 3.15. The Kier molecular flexibility index (Phi) is 5.47. The summed E-state index contributed by atoms with van der Waals surface area (Å²) in [4.78, 5) is 14.7. The smallest absolute Gasteiger partial charge is 0.235 e. The summed E-state index contributed by atoms with van der Waals surface area (Å²) in [5.74, 6) is 1.76. The molecular formula is C19H26N4OS. The van der Waals surface area contributed by atoms with Gasteiger partial charge in [0.25, 0.3) is 0 Å². The van der Waals surface area contributed by atoms with Crippen LogP contribution < -0.4 is 0 Å². The summed E-state index contributed by atoms with van der Waals surface area (Å²) in [6, 6.07) is 8.22. The molecule has 25 heavy (non-hydrogen) atoms. The number of carbonyl (C=O) groups is 1. The molecule has 0 bridgehead atoms. The molecule has 1 aliphatic rings. The molecule has 1 saturated heterocycles. The number of nitrogens with zero attached hydrogens (tertiary/aromatic N) is 4. The van der Waals surface area contributed by atoms with Crippen LogP contribution in [0.4, 0.5) is 0 Å². The number of benzene rings is 1. The maximum absolute atomic E-state index is 12.7. The highest BCUT2D eigenvalue weighted by Crippen LogP contribution is 2.28. The number of likely N-dealkylation sites (tertiary alicyclic amines) is 1. The van der Waals surface area contributed by atoms with Gasteiger partial charge in [0.1, 0.15) is 0 Å². The van der Waals surface area contributed by atoms with E-state index in [1.807, 2.05) is 35.6 Å². The number of thioether (sulfide) groups is 1. The van der Waals surface area contributed by atoms with E-state index in [-0.39, 0.29) is 11.2 Å². The van der Waals surface area contributed by atoms with Gasteiger partial charge in [-0.3, -0.25) is 4.79 Å². The summed E-state index contributed by atoms with van der Waals surface area (Å²) >= 11 is 1.49. The minimum atomic E-state index is -0.151. The van der Waals surface area contributed by atoms with Crippen molar-refractivity contribution in [3.63, 3.8) is 0 Å². The number of amides is 1. The molecule has 1 amide bonds. The molecular weight excluding hydrogens is 332 g/mol. The summed E-state index contributed by atoms with van der Waals surface area (Å²) in [6.07, 6.45) is 2.20. The van der Waals surface area contributed by atoms with Crippen molar-refractivity contribution in [2.75, 3.05) is 13.1 Å². The van der Waals surface area contributed by atoms with Gasteiger partial charge in [0, 0.05) is 25.7 Å². The van der Waals surface area contributed by atoms with Crippen molar-refractivity contribution >= 4 is 17.7 Å². The van der Waals surface area contributed by atoms with E-state index in [4.69, 9.17) is 0 Å². The van der Waals surface area contributed by atoms with Crippen LogP contribution in [0.25, 0.3) is 11.4 Å². The maximum Gasteiger partial charge on any atom is 0.235 e. The lowest BCUT2D eigenvalue weighted by Gasteiger charge is -2.31. The molecule has 0 radical (unpaired) electrons. The molecule has 134 valence electrons. The number of piperidine rings is 1. The molecule has 0 saturated carbocycles. The van der Waals surface area contributed by atoms with E-state index in [0.29, 0.717) is 0 Å². The molecule has 1 unspecified atom stereocenters. The molecule has 0 spiro atoms. The van der Waals surface area contributed by atoms with Crippen LogP contribution in [-0.4, -0.2) is 43.9 Å². The summed E-state index contributed by atoms with van der Waals surface area (Å²) in [6.45, 7) is 8.03. The fraction of sp³-hybridized carbons (Fsp3) is 0.526. The molecule has 1 aliphatic heterocycles. The lowest BCUT2D eigenvalue weighted by atomic mass is 9.99. The Morgan fingerprint density at radius 2 is 2.00 bits per heavy atom. The highest BCUT2D eigenvalue weighted by Gasteiger charge is 2.26.